The second kappa shape index (κ2) is 13.9. The lowest BCUT2D eigenvalue weighted by molar-refractivity contribution is -0.0189. The maximum absolute atomic E-state index is 12.7. The molecule has 0 bridgehead atoms. The molecule has 0 fully saturated rings. The van der Waals surface area contributed by atoms with Crippen LogP contribution in [0.15, 0.2) is 72.8 Å². The van der Waals surface area contributed by atoms with Gasteiger partial charge in [0.15, 0.2) is 46.4 Å². The third kappa shape index (κ3) is 7.24. The lowest BCUT2D eigenvalue weighted by atomic mass is 9.93. The Balaban J connectivity index is 0.000000198. The van der Waals surface area contributed by atoms with Crippen molar-refractivity contribution in [2.45, 2.75) is 37.3 Å². The first-order valence-electron chi connectivity index (χ1n) is 15.7. The molecule has 2 aliphatic rings. The van der Waals surface area contributed by atoms with Crippen molar-refractivity contribution in [3.05, 3.63) is 101 Å². The van der Waals surface area contributed by atoms with Crippen LogP contribution in [0.25, 0.3) is 0 Å². The lowest BCUT2D eigenvalue weighted by Gasteiger charge is -2.34. The molecule has 0 saturated heterocycles. The van der Waals surface area contributed by atoms with Crippen LogP contribution in [-0.4, -0.2) is 79.5 Å². The van der Waals surface area contributed by atoms with Gasteiger partial charge in [-0.3, -0.25) is 0 Å². The molecule has 0 radical (unpaired) electrons. The van der Waals surface area contributed by atoms with Gasteiger partial charge in [-0.25, -0.2) is 4.79 Å². The fourth-order valence-corrected chi connectivity index (χ4v) is 5.94. The van der Waals surface area contributed by atoms with Gasteiger partial charge in [0.2, 0.25) is 0 Å². The van der Waals surface area contributed by atoms with E-state index in [0.29, 0.717) is 16.7 Å². The van der Waals surface area contributed by atoms with Crippen molar-refractivity contribution in [3.63, 3.8) is 0 Å². The van der Waals surface area contributed by atoms with Crippen molar-refractivity contribution >= 4 is 5.97 Å². The highest BCUT2D eigenvalue weighted by Crippen LogP contribution is 2.45. The first kappa shape index (κ1) is 35.7. The summed E-state index contributed by atoms with van der Waals surface area (Å²) in [7, 11) is 0. The Labute approximate surface area is 298 Å². The number of ether oxygens (including phenoxy) is 3. The monoisotopic (exact) mass is 732 g/mol. The summed E-state index contributed by atoms with van der Waals surface area (Å²) in [6.07, 6.45) is -3.68. The minimum absolute atomic E-state index is 0.0461. The summed E-state index contributed by atoms with van der Waals surface area (Å²) in [5.41, 5.74) is 1.22. The van der Waals surface area contributed by atoms with Gasteiger partial charge >= 0.3 is 5.97 Å². The number of carbonyl (C=O) groups excluding carboxylic acids is 1. The number of aliphatic hydroxyl groups is 1. The SMILES string of the molecule is O=C(OC1Cc2c(O)cc(O)cc2OC1c1ccc(O)c(O)c1)c1cc(O)c(O)c(O)c1.Oc1cc(O)c2c(c1)OC(c1ccc(O)c(O)c1)C(O)C2. The Bertz CT molecular complexity index is 2190. The number of fused-ring (bicyclic) bond motifs is 2. The number of aromatic hydroxyl groups is 11. The maximum Gasteiger partial charge on any atom is 0.338 e. The number of rotatable bonds is 4. The molecule has 12 N–H and O–H groups in total. The van der Waals surface area contributed by atoms with Crippen LogP contribution in [0.3, 0.4) is 0 Å². The number of phenolic OH excluding ortho intramolecular Hbond substituents is 11. The van der Waals surface area contributed by atoms with E-state index in [2.05, 4.69) is 0 Å². The van der Waals surface area contributed by atoms with E-state index in [-0.39, 0.29) is 75.7 Å². The van der Waals surface area contributed by atoms with Crippen LogP contribution < -0.4 is 9.47 Å². The molecule has 4 unspecified atom stereocenters. The summed E-state index contributed by atoms with van der Waals surface area (Å²) in [5.74, 6) is -5.02. The van der Waals surface area contributed by atoms with E-state index < -0.39 is 53.4 Å². The zero-order valence-corrected chi connectivity index (χ0v) is 27.2. The molecule has 16 heteroatoms. The summed E-state index contributed by atoms with van der Waals surface area (Å²) < 4.78 is 17.0. The van der Waals surface area contributed by atoms with Crippen LogP contribution in [-0.2, 0) is 17.6 Å². The van der Waals surface area contributed by atoms with E-state index in [1.165, 1.54) is 54.6 Å². The summed E-state index contributed by atoms with van der Waals surface area (Å²) in [4.78, 5) is 12.7. The van der Waals surface area contributed by atoms with Gasteiger partial charge < -0.3 is 75.5 Å². The van der Waals surface area contributed by atoms with E-state index in [0.717, 1.165) is 18.2 Å². The quantitative estimate of drug-likeness (QED) is 0.0916. The number of esters is 1. The van der Waals surface area contributed by atoms with Crippen LogP contribution in [0.4, 0.5) is 0 Å². The largest absolute Gasteiger partial charge is 0.508 e. The molecule has 53 heavy (non-hydrogen) atoms. The molecule has 16 nitrogen and oxygen atoms in total. The van der Waals surface area contributed by atoms with Crippen molar-refractivity contribution in [1.82, 2.24) is 0 Å². The van der Waals surface area contributed by atoms with Crippen LogP contribution >= 0.6 is 0 Å². The average Bonchev–Trinajstić information content (AvgIpc) is 3.10. The highest BCUT2D eigenvalue weighted by Gasteiger charge is 2.37. The van der Waals surface area contributed by atoms with Crippen molar-refractivity contribution in [2.24, 2.45) is 0 Å². The lowest BCUT2D eigenvalue weighted by Crippen LogP contribution is -2.34. The molecular weight excluding hydrogens is 700 g/mol. The third-order valence-corrected chi connectivity index (χ3v) is 8.57. The molecule has 276 valence electrons. The van der Waals surface area contributed by atoms with E-state index >= 15 is 0 Å². The molecule has 0 aromatic heterocycles. The fourth-order valence-electron chi connectivity index (χ4n) is 5.94. The van der Waals surface area contributed by atoms with Gasteiger partial charge in [0.1, 0.15) is 46.7 Å². The fraction of sp³-hybridized carbons (Fsp3) is 0.162. The zero-order valence-electron chi connectivity index (χ0n) is 27.2. The highest BCUT2D eigenvalue weighted by molar-refractivity contribution is 5.91. The van der Waals surface area contributed by atoms with Crippen molar-refractivity contribution < 1.29 is 80.3 Å². The molecule has 7 rings (SSSR count). The molecule has 0 aliphatic carbocycles. The van der Waals surface area contributed by atoms with Crippen molar-refractivity contribution in [1.29, 1.82) is 0 Å². The number of hydrogen-bond acceptors (Lipinski definition) is 16. The number of carbonyl (C=O) groups is 1. The van der Waals surface area contributed by atoms with Gasteiger partial charge in [0, 0.05) is 53.8 Å². The molecule has 5 aromatic carbocycles. The molecule has 0 spiro atoms. The summed E-state index contributed by atoms with van der Waals surface area (Å²) in [6.45, 7) is 0. The van der Waals surface area contributed by atoms with Gasteiger partial charge in [0.25, 0.3) is 0 Å². The minimum atomic E-state index is -1.06. The first-order valence-corrected chi connectivity index (χ1v) is 15.7. The molecule has 2 aliphatic heterocycles. The maximum atomic E-state index is 12.7. The predicted octanol–water partition coefficient (Wildman–Crippen LogP) is 4.07. The van der Waals surface area contributed by atoms with Gasteiger partial charge in [0.05, 0.1) is 11.7 Å². The second-order valence-electron chi connectivity index (χ2n) is 12.2. The Hall–Kier alpha value is -7.07. The van der Waals surface area contributed by atoms with Gasteiger partial charge in [-0.05, 0) is 42.0 Å². The topological polar surface area (TPSA) is 288 Å². The van der Waals surface area contributed by atoms with E-state index in [9.17, 15) is 66.1 Å². The predicted molar refractivity (Wildman–Crippen MR) is 180 cm³/mol. The van der Waals surface area contributed by atoms with Crippen LogP contribution in [0.1, 0.15) is 44.8 Å². The normalized spacial score (nSPS) is 18.6. The highest BCUT2D eigenvalue weighted by atomic mass is 16.6. The third-order valence-electron chi connectivity index (χ3n) is 8.57. The Morgan fingerprint density at radius 1 is 0.528 bits per heavy atom. The standard InChI is InChI=1S/C22H18O10.C15H14O6/c23-11-6-14(25)12-8-19(32-22(30)10-4-16(27)20(29)17(28)5-10)21(31-18(12)7-11)9-1-2-13(24)15(26)3-9;16-8-4-11(18)9-6-13(20)15(21-14(9)5-8)7-1-2-10(17)12(19)3-7/h1-7,19,21,23-29H,8H2;1-5,13,15-20H,6H2. The van der Waals surface area contributed by atoms with Gasteiger partial charge in [-0.15, -0.1) is 0 Å². The molecule has 2 heterocycles. The van der Waals surface area contributed by atoms with E-state index in [1.807, 2.05) is 0 Å². The van der Waals surface area contributed by atoms with Crippen molar-refractivity contribution in [2.75, 3.05) is 0 Å². The molecular formula is C37H32O16. The second-order valence-corrected chi connectivity index (χ2v) is 12.2. The smallest absolute Gasteiger partial charge is 0.338 e. The number of hydrogen-bond donors (Lipinski definition) is 12. The number of aliphatic hydroxyl groups excluding tert-OH is 1. The van der Waals surface area contributed by atoms with Crippen molar-refractivity contribution in [3.8, 4) is 74.7 Å². The molecule has 5 aromatic rings. The van der Waals surface area contributed by atoms with Crippen LogP contribution in [0.2, 0.25) is 0 Å². The zero-order chi connectivity index (χ0) is 38.3. The molecule has 0 amide bonds. The summed E-state index contributed by atoms with van der Waals surface area (Å²) in [6, 6.07) is 14.7. The number of phenols is 11. The van der Waals surface area contributed by atoms with E-state index in [1.54, 1.807) is 0 Å². The van der Waals surface area contributed by atoms with Crippen LogP contribution in [0, 0.1) is 0 Å². The molecule has 4 atom stereocenters. The summed E-state index contributed by atoms with van der Waals surface area (Å²) in [5, 5.41) is 117. The Morgan fingerprint density at radius 2 is 1.00 bits per heavy atom. The van der Waals surface area contributed by atoms with Crippen LogP contribution in [0.5, 0.6) is 74.7 Å². The summed E-state index contributed by atoms with van der Waals surface area (Å²) >= 11 is 0. The Kier molecular flexibility index (Phi) is 9.39. The van der Waals surface area contributed by atoms with Gasteiger partial charge in [-0.1, -0.05) is 12.1 Å². The molecule has 0 saturated carbocycles. The number of benzene rings is 5. The minimum Gasteiger partial charge on any atom is -0.508 e. The van der Waals surface area contributed by atoms with Gasteiger partial charge in [-0.2, -0.15) is 0 Å². The Morgan fingerprint density at radius 3 is 1.51 bits per heavy atom. The first-order chi connectivity index (χ1) is 25.1. The van der Waals surface area contributed by atoms with E-state index in [4.69, 9.17) is 14.2 Å². The average molecular weight is 733 g/mol.